The van der Waals surface area contributed by atoms with Crippen LogP contribution in [0.1, 0.15) is 45.4 Å². The van der Waals surface area contributed by atoms with Crippen LogP contribution in [0.3, 0.4) is 0 Å². The predicted molar refractivity (Wildman–Crippen MR) is 85.7 cm³/mol. The van der Waals surface area contributed by atoms with Gasteiger partial charge >= 0.3 is 0 Å². The normalized spacial score (nSPS) is 16.6. The minimum Gasteiger partial charge on any atom is -0.365 e. The Balaban J connectivity index is 1.69. The molecule has 0 spiro atoms. The number of carbonyl (C=O) groups excluding carboxylic acids is 1. The molecule has 5 heteroatoms. The summed E-state index contributed by atoms with van der Waals surface area (Å²) >= 11 is 0. The van der Waals surface area contributed by atoms with E-state index in [1.165, 1.54) is 12.8 Å². The Bertz CT molecular complexity index is 521. The zero-order valence-electron chi connectivity index (χ0n) is 13.3. The van der Waals surface area contributed by atoms with Gasteiger partial charge in [0, 0.05) is 25.4 Å². The molecule has 1 atom stereocenters. The lowest BCUT2D eigenvalue weighted by Crippen LogP contribution is -2.38. The van der Waals surface area contributed by atoms with E-state index >= 15 is 0 Å². The van der Waals surface area contributed by atoms with Gasteiger partial charge in [-0.25, -0.2) is 0 Å². The lowest BCUT2D eigenvalue weighted by atomic mass is 10.2. The van der Waals surface area contributed by atoms with E-state index < -0.39 is 0 Å². The first-order valence-corrected chi connectivity index (χ1v) is 8.29. The fourth-order valence-electron chi connectivity index (χ4n) is 2.82. The maximum atomic E-state index is 12.1. The van der Waals surface area contributed by atoms with Crippen molar-refractivity contribution in [1.82, 2.24) is 9.88 Å². The smallest absolute Gasteiger partial charge is 0.250 e. The SMILES string of the molecule is CC[C@@H](OC1CCCC1)C(=O)NCCCn1ccccc1=O. The standard InChI is InChI=1S/C17H26N2O3/c1-2-15(22-14-8-3-4-9-14)17(21)18-11-7-13-19-12-6-5-10-16(19)20/h5-6,10,12,14-15H,2-4,7-9,11,13H2,1H3,(H,18,21)/t15-/m1/s1. The van der Waals surface area contributed by atoms with Crippen LogP contribution in [-0.2, 0) is 16.1 Å². The van der Waals surface area contributed by atoms with Crippen LogP contribution in [0.5, 0.6) is 0 Å². The molecular formula is C17H26N2O3. The Morgan fingerprint density at radius 3 is 2.86 bits per heavy atom. The van der Waals surface area contributed by atoms with Crippen LogP contribution in [0.25, 0.3) is 0 Å². The van der Waals surface area contributed by atoms with Gasteiger partial charge in [-0.15, -0.1) is 0 Å². The lowest BCUT2D eigenvalue weighted by molar-refractivity contribution is -0.136. The summed E-state index contributed by atoms with van der Waals surface area (Å²) in [6, 6.07) is 5.11. The Labute approximate surface area is 131 Å². The number of aryl methyl sites for hydroxylation is 1. The van der Waals surface area contributed by atoms with E-state index in [9.17, 15) is 9.59 Å². The van der Waals surface area contributed by atoms with Crippen molar-refractivity contribution in [2.45, 2.75) is 64.2 Å². The van der Waals surface area contributed by atoms with Crippen molar-refractivity contribution in [3.63, 3.8) is 0 Å². The molecule has 1 heterocycles. The Morgan fingerprint density at radius 1 is 1.41 bits per heavy atom. The summed E-state index contributed by atoms with van der Waals surface area (Å²) in [5.41, 5.74) is -0.00942. The van der Waals surface area contributed by atoms with Crippen LogP contribution >= 0.6 is 0 Å². The highest BCUT2D eigenvalue weighted by molar-refractivity contribution is 5.80. The van der Waals surface area contributed by atoms with Gasteiger partial charge in [-0.3, -0.25) is 9.59 Å². The predicted octanol–water partition coefficient (Wildman–Crippen LogP) is 2.09. The van der Waals surface area contributed by atoms with Gasteiger partial charge in [-0.05, 0) is 31.7 Å². The van der Waals surface area contributed by atoms with E-state index in [-0.39, 0.29) is 23.7 Å². The molecule has 1 saturated carbocycles. The number of pyridine rings is 1. The van der Waals surface area contributed by atoms with E-state index in [1.54, 1.807) is 22.9 Å². The van der Waals surface area contributed by atoms with Crippen LogP contribution in [0, 0.1) is 0 Å². The molecule has 1 fully saturated rings. The van der Waals surface area contributed by atoms with Crippen molar-refractivity contribution < 1.29 is 9.53 Å². The lowest BCUT2D eigenvalue weighted by Gasteiger charge is -2.20. The molecule has 22 heavy (non-hydrogen) atoms. The summed E-state index contributed by atoms with van der Waals surface area (Å²) in [7, 11) is 0. The molecule has 1 aliphatic rings. The first-order valence-electron chi connectivity index (χ1n) is 8.29. The van der Waals surface area contributed by atoms with E-state index in [2.05, 4.69) is 5.32 Å². The van der Waals surface area contributed by atoms with Crippen molar-refractivity contribution in [2.24, 2.45) is 0 Å². The monoisotopic (exact) mass is 306 g/mol. The topological polar surface area (TPSA) is 60.3 Å². The highest BCUT2D eigenvalue weighted by Crippen LogP contribution is 2.22. The highest BCUT2D eigenvalue weighted by atomic mass is 16.5. The molecule has 0 aromatic carbocycles. The molecule has 1 aromatic heterocycles. The van der Waals surface area contributed by atoms with Crippen molar-refractivity contribution in [1.29, 1.82) is 0 Å². The molecule has 1 aromatic rings. The molecule has 0 unspecified atom stereocenters. The summed E-state index contributed by atoms with van der Waals surface area (Å²) in [5.74, 6) is -0.0326. The van der Waals surface area contributed by atoms with Crippen molar-refractivity contribution >= 4 is 5.91 Å². The number of nitrogens with zero attached hydrogens (tertiary/aromatic N) is 1. The van der Waals surface area contributed by atoms with Crippen LogP contribution in [-0.4, -0.2) is 29.2 Å². The van der Waals surface area contributed by atoms with Gasteiger partial charge in [0.15, 0.2) is 0 Å². The molecule has 0 saturated heterocycles. The van der Waals surface area contributed by atoms with Crippen molar-refractivity contribution in [3.05, 3.63) is 34.7 Å². The van der Waals surface area contributed by atoms with Gasteiger partial charge in [-0.2, -0.15) is 0 Å². The molecular weight excluding hydrogens is 280 g/mol. The van der Waals surface area contributed by atoms with Gasteiger partial charge in [0.05, 0.1) is 6.10 Å². The quantitative estimate of drug-likeness (QED) is 0.748. The number of rotatable bonds is 8. The van der Waals surface area contributed by atoms with E-state index in [0.717, 1.165) is 19.3 Å². The first-order chi connectivity index (χ1) is 10.7. The van der Waals surface area contributed by atoms with Crippen molar-refractivity contribution in [2.75, 3.05) is 6.54 Å². The largest absolute Gasteiger partial charge is 0.365 e. The van der Waals surface area contributed by atoms with E-state index in [0.29, 0.717) is 19.5 Å². The fourth-order valence-corrected chi connectivity index (χ4v) is 2.82. The van der Waals surface area contributed by atoms with Gasteiger partial charge in [0.25, 0.3) is 0 Å². The molecule has 122 valence electrons. The second-order valence-electron chi connectivity index (χ2n) is 5.82. The third-order valence-corrected chi connectivity index (χ3v) is 4.10. The molecule has 2 rings (SSSR count). The minimum absolute atomic E-state index is 0.00942. The molecule has 1 aliphatic carbocycles. The zero-order chi connectivity index (χ0) is 15.8. The summed E-state index contributed by atoms with van der Waals surface area (Å²) in [6.07, 6.45) is 7.64. The molecule has 0 aliphatic heterocycles. The number of carbonyl (C=O) groups is 1. The molecule has 0 radical (unpaired) electrons. The molecule has 5 nitrogen and oxygen atoms in total. The molecule has 1 N–H and O–H groups in total. The first kappa shape index (κ1) is 16.7. The second kappa shape index (κ2) is 8.73. The number of aromatic nitrogens is 1. The van der Waals surface area contributed by atoms with Crippen LogP contribution in [0.15, 0.2) is 29.2 Å². The van der Waals surface area contributed by atoms with Gasteiger partial charge in [-0.1, -0.05) is 25.8 Å². The summed E-state index contributed by atoms with van der Waals surface area (Å²) in [6.45, 7) is 3.15. The van der Waals surface area contributed by atoms with Crippen LogP contribution in [0.4, 0.5) is 0 Å². The van der Waals surface area contributed by atoms with Crippen molar-refractivity contribution in [3.8, 4) is 0 Å². The summed E-state index contributed by atoms with van der Waals surface area (Å²) < 4.78 is 7.54. The highest BCUT2D eigenvalue weighted by Gasteiger charge is 2.23. The third kappa shape index (κ3) is 4.98. The van der Waals surface area contributed by atoms with Gasteiger partial charge < -0.3 is 14.6 Å². The summed E-state index contributed by atoms with van der Waals surface area (Å²) in [5, 5.41) is 2.92. The molecule has 1 amide bonds. The number of hydrogen-bond donors (Lipinski definition) is 1. The van der Waals surface area contributed by atoms with Gasteiger partial charge in [0.2, 0.25) is 11.5 Å². The average molecular weight is 306 g/mol. The number of nitrogens with one attached hydrogen (secondary N) is 1. The molecule has 0 bridgehead atoms. The Morgan fingerprint density at radius 2 is 2.18 bits per heavy atom. The second-order valence-corrected chi connectivity index (χ2v) is 5.82. The fraction of sp³-hybridized carbons (Fsp3) is 0.647. The maximum absolute atomic E-state index is 12.1. The zero-order valence-corrected chi connectivity index (χ0v) is 13.3. The number of hydrogen-bond acceptors (Lipinski definition) is 3. The van der Waals surface area contributed by atoms with Gasteiger partial charge in [0.1, 0.15) is 6.10 Å². The Hall–Kier alpha value is -1.62. The maximum Gasteiger partial charge on any atom is 0.250 e. The van der Waals surface area contributed by atoms with E-state index in [4.69, 9.17) is 4.74 Å². The van der Waals surface area contributed by atoms with Crippen LogP contribution < -0.4 is 10.9 Å². The van der Waals surface area contributed by atoms with Crippen LogP contribution in [0.2, 0.25) is 0 Å². The number of ether oxygens (including phenoxy) is 1. The third-order valence-electron chi connectivity index (χ3n) is 4.10. The van der Waals surface area contributed by atoms with E-state index in [1.807, 2.05) is 13.0 Å². The Kier molecular flexibility index (Phi) is 6.65. The minimum atomic E-state index is -0.345. The number of amides is 1. The average Bonchev–Trinajstić information content (AvgIpc) is 3.03. The summed E-state index contributed by atoms with van der Waals surface area (Å²) in [4.78, 5) is 23.7.